The van der Waals surface area contributed by atoms with Crippen LogP contribution >= 0.6 is 11.3 Å². The van der Waals surface area contributed by atoms with E-state index in [1.54, 1.807) is 28.4 Å². The molecule has 2 nitrogen and oxygen atoms in total. The molecule has 0 saturated heterocycles. The zero-order valence-corrected chi connectivity index (χ0v) is 12.6. The Labute approximate surface area is 127 Å². The molecule has 1 aliphatic rings. The summed E-state index contributed by atoms with van der Waals surface area (Å²) >= 11 is 1.59. The van der Waals surface area contributed by atoms with E-state index in [4.69, 9.17) is 0 Å². The largest absolute Gasteiger partial charge is 0.306 e. The lowest BCUT2D eigenvalue weighted by atomic mass is 9.96. The monoisotopic (exact) mass is 301 g/mol. The van der Waals surface area contributed by atoms with Crippen LogP contribution in [0, 0.1) is 5.82 Å². The summed E-state index contributed by atoms with van der Waals surface area (Å²) in [6, 6.07) is 8.71. The lowest BCUT2D eigenvalue weighted by Crippen LogP contribution is -2.41. The molecule has 1 aliphatic heterocycles. The Hall–Kier alpha value is -1.94. The van der Waals surface area contributed by atoms with Gasteiger partial charge in [-0.05, 0) is 61.1 Å². The number of amides is 1. The number of nitrogens with zero attached hydrogens (tertiary/aromatic N) is 1. The quantitative estimate of drug-likeness (QED) is 0.759. The highest BCUT2D eigenvalue weighted by Crippen LogP contribution is 2.31. The van der Waals surface area contributed by atoms with Gasteiger partial charge < -0.3 is 4.90 Å². The van der Waals surface area contributed by atoms with Crippen LogP contribution in [0.25, 0.3) is 6.08 Å². The Bertz CT molecular complexity index is 678. The molecular formula is C17H16FNOS. The highest BCUT2D eigenvalue weighted by Gasteiger charge is 2.27. The number of benzene rings is 1. The van der Waals surface area contributed by atoms with Crippen molar-refractivity contribution in [3.63, 3.8) is 0 Å². The summed E-state index contributed by atoms with van der Waals surface area (Å²) in [4.78, 5) is 15.3. The number of rotatable bonds is 2. The number of hydrogen-bond donors (Lipinski definition) is 0. The normalized spacial score (nSPS) is 18.0. The van der Waals surface area contributed by atoms with E-state index >= 15 is 0 Å². The van der Waals surface area contributed by atoms with Gasteiger partial charge in [-0.1, -0.05) is 6.07 Å². The van der Waals surface area contributed by atoms with Gasteiger partial charge in [0.25, 0.3) is 5.91 Å². The third-order valence-electron chi connectivity index (χ3n) is 3.74. The zero-order chi connectivity index (χ0) is 14.8. The first-order valence-corrected chi connectivity index (χ1v) is 7.86. The Kier molecular flexibility index (Phi) is 3.88. The highest BCUT2D eigenvalue weighted by molar-refractivity contribution is 7.10. The third kappa shape index (κ3) is 2.90. The fourth-order valence-corrected chi connectivity index (χ4v) is 3.29. The van der Waals surface area contributed by atoms with E-state index in [-0.39, 0.29) is 17.8 Å². The van der Waals surface area contributed by atoms with E-state index in [1.165, 1.54) is 12.1 Å². The molecule has 1 aromatic heterocycles. The van der Waals surface area contributed by atoms with E-state index < -0.39 is 0 Å². The minimum Gasteiger partial charge on any atom is -0.306 e. The van der Waals surface area contributed by atoms with E-state index in [0.717, 1.165) is 29.0 Å². The number of carbonyl (C=O) groups excluding carboxylic acids is 1. The first-order valence-electron chi connectivity index (χ1n) is 6.98. The maximum absolute atomic E-state index is 13.3. The smallest absolute Gasteiger partial charge is 0.251 e. The van der Waals surface area contributed by atoms with Gasteiger partial charge in [0.2, 0.25) is 0 Å². The maximum atomic E-state index is 13.3. The summed E-state index contributed by atoms with van der Waals surface area (Å²) in [5.74, 6) is -0.298. The van der Waals surface area contributed by atoms with Gasteiger partial charge in [-0.3, -0.25) is 4.79 Å². The maximum Gasteiger partial charge on any atom is 0.251 e. The molecule has 108 valence electrons. The number of thiophene rings is 1. The third-order valence-corrected chi connectivity index (χ3v) is 4.58. The summed E-state index contributed by atoms with van der Waals surface area (Å²) in [5.41, 5.74) is 1.74. The summed E-state index contributed by atoms with van der Waals surface area (Å²) in [5, 5.41) is 1.98. The predicted octanol–water partition coefficient (Wildman–Crippen LogP) is 4.27. The Morgan fingerprint density at radius 2 is 2.29 bits per heavy atom. The molecule has 0 unspecified atom stereocenters. The van der Waals surface area contributed by atoms with Crippen molar-refractivity contribution in [3.05, 3.63) is 58.0 Å². The van der Waals surface area contributed by atoms with Gasteiger partial charge >= 0.3 is 0 Å². The molecule has 0 aliphatic carbocycles. The van der Waals surface area contributed by atoms with Crippen molar-refractivity contribution < 1.29 is 9.18 Å². The van der Waals surface area contributed by atoms with Gasteiger partial charge in [-0.25, -0.2) is 4.39 Å². The molecule has 0 fully saturated rings. The van der Waals surface area contributed by atoms with Crippen molar-refractivity contribution in [1.82, 2.24) is 0 Å². The van der Waals surface area contributed by atoms with Gasteiger partial charge in [-0.15, -0.1) is 11.3 Å². The highest BCUT2D eigenvalue weighted by atomic mass is 32.1. The first-order chi connectivity index (χ1) is 10.1. The van der Waals surface area contributed by atoms with Crippen LogP contribution in [0.5, 0.6) is 0 Å². The van der Waals surface area contributed by atoms with E-state index in [1.807, 2.05) is 30.5 Å². The number of aryl methyl sites for hydroxylation is 1. The molecule has 0 spiro atoms. The van der Waals surface area contributed by atoms with Crippen molar-refractivity contribution in [3.8, 4) is 0 Å². The van der Waals surface area contributed by atoms with Crippen LogP contribution in [0.1, 0.15) is 23.8 Å². The van der Waals surface area contributed by atoms with E-state index in [9.17, 15) is 9.18 Å². The van der Waals surface area contributed by atoms with Gasteiger partial charge in [0.1, 0.15) is 5.82 Å². The summed E-state index contributed by atoms with van der Waals surface area (Å²) in [6.07, 6.45) is 5.10. The van der Waals surface area contributed by atoms with Crippen molar-refractivity contribution >= 4 is 29.0 Å². The minimum atomic E-state index is -0.246. The SMILES string of the molecule is C[C@H]1CCc2cc(F)ccc2N1C(=O)/C=C\c1cccs1. The molecule has 2 heterocycles. The van der Waals surface area contributed by atoms with Crippen molar-refractivity contribution in [2.24, 2.45) is 0 Å². The zero-order valence-electron chi connectivity index (χ0n) is 11.8. The number of fused-ring (bicyclic) bond motifs is 1. The van der Waals surface area contributed by atoms with Crippen LogP contribution in [-0.4, -0.2) is 11.9 Å². The molecule has 2 aromatic rings. The van der Waals surface area contributed by atoms with Crippen molar-refractivity contribution in [1.29, 1.82) is 0 Å². The second kappa shape index (κ2) is 5.82. The number of carbonyl (C=O) groups is 1. The molecule has 4 heteroatoms. The van der Waals surface area contributed by atoms with E-state index in [0.29, 0.717) is 0 Å². The number of anilines is 1. The number of hydrogen-bond acceptors (Lipinski definition) is 2. The molecule has 1 amide bonds. The van der Waals surface area contributed by atoms with Gasteiger partial charge in [0.05, 0.1) is 0 Å². The van der Waals surface area contributed by atoms with Crippen LogP contribution in [0.3, 0.4) is 0 Å². The van der Waals surface area contributed by atoms with Crippen LogP contribution in [0.15, 0.2) is 41.8 Å². The van der Waals surface area contributed by atoms with E-state index in [2.05, 4.69) is 0 Å². The lowest BCUT2D eigenvalue weighted by Gasteiger charge is -2.34. The Morgan fingerprint density at radius 1 is 1.43 bits per heavy atom. The lowest BCUT2D eigenvalue weighted by molar-refractivity contribution is -0.114. The standard InChI is InChI=1S/C17H16FNOS/c1-12-4-5-13-11-14(18)6-8-16(13)19(12)17(20)9-7-15-3-2-10-21-15/h2-3,6-12H,4-5H2,1H3/b9-7-/t12-/m0/s1. The molecule has 0 bridgehead atoms. The fraction of sp³-hybridized carbons (Fsp3) is 0.235. The van der Waals surface area contributed by atoms with Crippen LogP contribution in [-0.2, 0) is 11.2 Å². The number of halogens is 1. The van der Waals surface area contributed by atoms with Gasteiger partial charge in [-0.2, -0.15) is 0 Å². The minimum absolute atomic E-state index is 0.0524. The molecule has 3 rings (SSSR count). The average Bonchev–Trinajstić information content (AvgIpc) is 2.98. The van der Waals surface area contributed by atoms with Crippen molar-refractivity contribution in [2.45, 2.75) is 25.8 Å². The summed E-state index contributed by atoms with van der Waals surface area (Å²) in [6.45, 7) is 2.03. The molecule has 0 saturated carbocycles. The predicted molar refractivity (Wildman–Crippen MR) is 85.0 cm³/mol. The Balaban J connectivity index is 1.89. The Morgan fingerprint density at radius 3 is 3.05 bits per heavy atom. The second-order valence-electron chi connectivity index (χ2n) is 5.22. The van der Waals surface area contributed by atoms with Crippen LogP contribution in [0.4, 0.5) is 10.1 Å². The molecule has 1 atom stereocenters. The summed E-state index contributed by atoms with van der Waals surface area (Å²) in [7, 11) is 0. The molecular weight excluding hydrogens is 285 g/mol. The topological polar surface area (TPSA) is 20.3 Å². The molecule has 0 N–H and O–H groups in total. The van der Waals surface area contributed by atoms with Gasteiger partial charge in [0.15, 0.2) is 0 Å². The molecule has 21 heavy (non-hydrogen) atoms. The van der Waals surface area contributed by atoms with Crippen molar-refractivity contribution in [2.75, 3.05) is 4.90 Å². The summed E-state index contributed by atoms with van der Waals surface area (Å²) < 4.78 is 13.3. The second-order valence-corrected chi connectivity index (χ2v) is 6.20. The first kappa shape index (κ1) is 14.0. The average molecular weight is 301 g/mol. The molecule has 0 radical (unpaired) electrons. The fourth-order valence-electron chi connectivity index (χ4n) is 2.68. The molecule has 1 aromatic carbocycles. The van der Waals surface area contributed by atoms with Gasteiger partial charge in [0, 0.05) is 22.7 Å². The van der Waals surface area contributed by atoms with Crippen LogP contribution < -0.4 is 4.90 Å². The van der Waals surface area contributed by atoms with Crippen LogP contribution in [0.2, 0.25) is 0 Å².